The van der Waals surface area contributed by atoms with Crippen LogP contribution in [0.1, 0.15) is 42.4 Å². The Hall–Kier alpha value is -2.41. The number of piperidine rings is 1. The number of carbonyl (C=O) groups is 2. The number of carboxylic acid groups (broad SMARTS) is 1. The van der Waals surface area contributed by atoms with Gasteiger partial charge in [-0.05, 0) is 31.9 Å². The first-order valence-corrected chi connectivity index (χ1v) is 8.55. The second kappa shape index (κ2) is 6.48. The second-order valence-electron chi connectivity index (χ2n) is 6.72. The fraction of sp³-hybridized carbons (Fsp3) is 0.500. The summed E-state index contributed by atoms with van der Waals surface area (Å²) in [7, 11) is 0. The van der Waals surface area contributed by atoms with Crippen molar-refractivity contribution < 1.29 is 19.8 Å². The molecule has 2 atom stereocenters. The maximum absolute atomic E-state index is 13.0. The summed E-state index contributed by atoms with van der Waals surface area (Å²) in [5.41, 5.74) is 0.426. The number of nitrogens with zero attached hydrogens (tertiary/aromatic N) is 3. The van der Waals surface area contributed by atoms with E-state index in [0.717, 1.165) is 5.69 Å². The Morgan fingerprint density at radius 3 is 2.80 bits per heavy atom. The molecule has 134 valence electrons. The highest BCUT2D eigenvalue weighted by molar-refractivity contribution is 5.95. The minimum absolute atomic E-state index is 0.00346. The molecule has 25 heavy (non-hydrogen) atoms. The van der Waals surface area contributed by atoms with Crippen LogP contribution in [0.3, 0.4) is 0 Å². The molecule has 0 saturated carbocycles. The van der Waals surface area contributed by atoms with Crippen LogP contribution >= 0.6 is 0 Å². The summed E-state index contributed by atoms with van der Waals surface area (Å²) in [6, 6.07) is 5.54. The van der Waals surface area contributed by atoms with E-state index in [1.54, 1.807) is 0 Å². The molecule has 0 unspecified atom stereocenters. The number of likely N-dealkylation sites (tertiary alicyclic amines) is 1. The average molecular weight is 345 g/mol. The first-order valence-electron chi connectivity index (χ1n) is 8.55. The van der Waals surface area contributed by atoms with Gasteiger partial charge in [0, 0.05) is 19.3 Å². The molecule has 0 aliphatic carbocycles. The van der Waals surface area contributed by atoms with Crippen molar-refractivity contribution in [3.63, 3.8) is 0 Å². The van der Waals surface area contributed by atoms with Gasteiger partial charge in [0.25, 0.3) is 5.91 Å². The molecule has 7 nitrogen and oxygen atoms in total. The van der Waals surface area contributed by atoms with Crippen molar-refractivity contribution in [2.24, 2.45) is 5.41 Å². The molecule has 1 fully saturated rings. The summed E-state index contributed by atoms with van der Waals surface area (Å²) in [6.45, 7) is 4.03. The number of aliphatic hydroxyl groups is 1. The number of aromatic nitrogens is 2. The maximum Gasteiger partial charge on any atom is 0.314 e. The van der Waals surface area contributed by atoms with Crippen molar-refractivity contribution >= 4 is 17.5 Å². The third kappa shape index (κ3) is 2.78. The zero-order chi connectivity index (χ0) is 18.2. The molecule has 1 saturated heterocycles. The third-order valence-corrected chi connectivity index (χ3v) is 5.16. The van der Waals surface area contributed by atoms with Crippen LogP contribution in [0.15, 0.2) is 24.4 Å². The molecule has 0 bridgehead atoms. The van der Waals surface area contributed by atoms with Crippen LogP contribution in [-0.4, -0.2) is 55.6 Å². The Morgan fingerprint density at radius 1 is 1.40 bits per heavy atom. The molecule has 1 aliphatic rings. The normalized spacial score (nSPS) is 23.8. The topological polar surface area (TPSA) is 95.1 Å². The van der Waals surface area contributed by atoms with E-state index in [-0.39, 0.29) is 18.9 Å². The number of pyridine rings is 1. The first kappa shape index (κ1) is 17.4. The zero-order valence-electron chi connectivity index (χ0n) is 14.5. The quantitative estimate of drug-likeness (QED) is 0.880. The van der Waals surface area contributed by atoms with Crippen molar-refractivity contribution in [1.29, 1.82) is 0 Å². The van der Waals surface area contributed by atoms with Gasteiger partial charge in [-0.2, -0.15) is 0 Å². The molecular formula is C18H23N3O4. The highest BCUT2D eigenvalue weighted by Gasteiger charge is 2.49. The number of aryl methyl sites for hydroxylation is 1. The Balaban J connectivity index is 1.94. The van der Waals surface area contributed by atoms with Gasteiger partial charge in [-0.1, -0.05) is 19.4 Å². The monoisotopic (exact) mass is 345 g/mol. The van der Waals surface area contributed by atoms with Gasteiger partial charge < -0.3 is 19.5 Å². The summed E-state index contributed by atoms with van der Waals surface area (Å²) in [5.74, 6) is -1.33. The number of amides is 1. The van der Waals surface area contributed by atoms with Crippen LogP contribution in [0, 0.1) is 12.3 Å². The van der Waals surface area contributed by atoms with E-state index < -0.39 is 17.5 Å². The molecular weight excluding hydrogens is 322 g/mol. The number of carboxylic acids is 1. The Labute approximate surface area is 145 Å². The van der Waals surface area contributed by atoms with Gasteiger partial charge in [-0.3, -0.25) is 9.59 Å². The Morgan fingerprint density at radius 2 is 2.16 bits per heavy atom. The molecule has 1 amide bonds. The number of carbonyl (C=O) groups excluding carboxylic acids is 1. The SMILES string of the molecule is CCC[C@@]1(C(=O)O)CN(C(=O)c2nc3ccccn3c2C)CC[C@H]1O. The van der Waals surface area contributed by atoms with Crippen molar-refractivity contribution in [1.82, 2.24) is 14.3 Å². The van der Waals surface area contributed by atoms with Crippen LogP contribution < -0.4 is 0 Å². The summed E-state index contributed by atoms with van der Waals surface area (Å²) < 4.78 is 1.84. The van der Waals surface area contributed by atoms with E-state index in [1.165, 1.54) is 4.90 Å². The number of imidazole rings is 1. The lowest BCUT2D eigenvalue weighted by atomic mass is 9.74. The van der Waals surface area contributed by atoms with E-state index in [1.807, 2.05) is 42.6 Å². The van der Waals surface area contributed by atoms with Crippen LogP contribution in [0.25, 0.3) is 5.65 Å². The van der Waals surface area contributed by atoms with E-state index in [4.69, 9.17) is 0 Å². The van der Waals surface area contributed by atoms with Gasteiger partial charge >= 0.3 is 5.97 Å². The highest BCUT2D eigenvalue weighted by atomic mass is 16.4. The van der Waals surface area contributed by atoms with Gasteiger partial charge in [-0.25, -0.2) is 4.98 Å². The molecule has 2 aromatic rings. The van der Waals surface area contributed by atoms with Crippen molar-refractivity contribution in [3.8, 4) is 0 Å². The third-order valence-electron chi connectivity index (χ3n) is 5.16. The highest BCUT2D eigenvalue weighted by Crippen LogP contribution is 2.36. The molecule has 2 N–H and O–H groups in total. The lowest BCUT2D eigenvalue weighted by molar-refractivity contribution is -0.162. The number of aliphatic hydroxyl groups excluding tert-OH is 1. The van der Waals surface area contributed by atoms with Crippen LogP contribution in [0.4, 0.5) is 0 Å². The molecule has 3 rings (SSSR count). The van der Waals surface area contributed by atoms with E-state index in [0.29, 0.717) is 30.7 Å². The number of fused-ring (bicyclic) bond motifs is 1. The van der Waals surface area contributed by atoms with Gasteiger partial charge in [0.15, 0.2) is 0 Å². The van der Waals surface area contributed by atoms with Crippen molar-refractivity contribution in [3.05, 3.63) is 35.8 Å². The standard InChI is InChI=1S/C18H23N3O4/c1-3-8-18(17(24)25)11-20(10-7-13(18)22)16(23)15-12(2)21-9-5-4-6-14(21)19-15/h4-6,9,13,22H,3,7-8,10-11H2,1-2H3,(H,24,25)/t13-,18-/m1/s1. The predicted molar refractivity (Wildman–Crippen MR) is 91.4 cm³/mol. The molecule has 3 heterocycles. The van der Waals surface area contributed by atoms with Crippen LogP contribution in [0.2, 0.25) is 0 Å². The fourth-order valence-corrected chi connectivity index (χ4v) is 3.73. The second-order valence-corrected chi connectivity index (χ2v) is 6.72. The minimum atomic E-state index is -1.31. The van der Waals surface area contributed by atoms with Crippen molar-refractivity contribution in [2.45, 2.75) is 39.2 Å². The van der Waals surface area contributed by atoms with Gasteiger partial charge in [0.05, 0.1) is 11.8 Å². The van der Waals surface area contributed by atoms with E-state index in [9.17, 15) is 19.8 Å². The predicted octanol–water partition coefficient (Wildman–Crippen LogP) is 1.72. The van der Waals surface area contributed by atoms with Crippen LogP contribution in [0.5, 0.6) is 0 Å². The summed E-state index contributed by atoms with van der Waals surface area (Å²) in [6.07, 6.45) is 2.10. The Bertz CT molecular complexity index is 816. The number of aliphatic carboxylic acids is 1. The van der Waals surface area contributed by atoms with Crippen LogP contribution in [-0.2, 0) is 4.79 Å². The maximum atomic E-state index is 13.0. The van der Waals surface area contributed by atoms with Gasteiger partial charge in [-0.15, -0.1) is 0 Å². The first-order chi connectivity index (χ1) is 11.9. The number of hydrogen-bond acceptors (Lipinski definition) is 4. The lowest BCUT2D eigenvalue weighted by Crippen LogP contribution is -2.57. The van der Waals surface area contributed by atoms with E-state index in [2.05, 4.69) is 4.98 Å². The van der Waals surface area contributed by atoms with Gasteiger partial charge in [0.1, 0.15) is 16.8 Å². The average Bonchev–Trinajstić information content (AvgIpc) is 2.93. The molecule has 2 aromatic heterocycles. The minimum Gasteiger partial charge on any atom is -0.481 e. The van der Waals surface area contributed by atoms with E-state index >= 15 is 0 Å². The summed E-state index contributed by atoms with van der Waals surface area (Å²) in [4.78, 5) is 30.8. The molecule has 1 aliphatic heterocycles. The lowest BCUT2D eigenvalue weighted by Gasteiger charge is -2.43. The Kier molecular flexibility index (Phi) is 4.51. The summed E-state index contributed by atoms with van der Waals surface area (Å²) >= 11 is 0. The zero-order valence-corrected chi connectivity index (χ0v) is 14.5. The molecule has 0 radical (unpaired) electrons. The van der Waals surface area contributed by atoms with Gasteiger partial charge in [0.2, 0.25) is 0 Å². The summed E-state index contributed by atoms with van der Waals surface area (Å²) in [5, 5.41) is 20.0. The molecule has 0 spiro atoms. The number of hydrogen-bond donors (Lipinski definition) is 2. The van der Waals surface area contributed by atoms with Crippen molar-refractivity contribution in [2.75, 3.05) is 13.1 Å². The number of rotatable bonds is 4. The fourth-order valence-electron chi connectivity index (χ4n) is 3.73. The smallest absolute Gasteiger partial charge is 0.314 e. The molecule has 0 aromatic carbocycles. The largest absolute Gasteiger partial charge is 0.481 e. The molecule has 7 heteroatoms.